The molecule has 4 heteroatoms. The van der Waals surface area contributed by atoms with Gasteiger partial charge in [-0.15, -0.1) is 0 Å². The van der Waals surface area contributed by atoms with Crippen molar-refractivity contribution in [2.24, 2.45) is 0 Å². The average Bonchev–Trinajstić information content (AvgIpc) is 2.50. The zero-order valence-corrected chi connectivity index (χ0v) is 12.6. The topological polar surface area (TPSA) is 58.6 Å². The van der Waals surface area contributed by atoms with E-state index < -0.39 is 6.10 Å². The molecule has 2 aromatic carbocycles. The van der Waals surface area contributed by atoms with Crippen LogP contribution in [0, 0.1) is 0 Å². The number of aliphatic hydroxyl groups is 1. The molecule has 0 bridgehead atoms. The lowest BCUT2D eigenvalue weighted by atomic mass is 9.97. The van der Waals surface area contributed by atoms with E-state index >= 15 is 0 Å². The van der Waals surface area contributed by atoms with Gasteiger partial charge in [-0.05, 0) is 42.3 Å². The van der Waals surface area contributed by atoms with E-state index in [1.807, 2.05) is 43.3 Å². The van der Waals surface area contributed by atoms with Crippen LogP contribution in [0.15, 0.2) is 36.4 Å². The average molecular weight is 287 g/mol. The number of ether oxygens (including phenoxy) is 1. The maximum atomic E-state index is 12.0. The van der Waals surface area contributed by atoms with Gasteiger partial charge in [0.15, 0.2) is 0 Å². The molecule has 0 saturated heterocycles. The molecule has 0 radical (unpaired) electrons. The van der Waals surface area contributed by atoms with Gasteiger partial charge in [0.05, 0.1) is 19.1 Å². The number of hydrogen-bond donors (Lipinski definition) is 2. The van der Waals surface area contributed by atoms with Crippen LogP contribution in [0.2, 0.25) is 0 Å². The number of carbonyl (C=O) groups is 1. The van der Waals surface area contributed by atoms with Crippen molar-refractivity contribution in [3.8, 4) is 5.75 Å². The van der Waals surface area contributed by atoms with E-state index in [0.717, 1.165) is 22.1 Å². The Morgan fingerprint density at radius 1 is 1.19 bits per heavy atom. The molecule has 21 heavy (non-hydrogen) atoms. The molecule has 0 fully saturated rings. The van der Waals surface area contributed by atoms with Gasteiger partial charge in [0.1, 0.15) is 5.75 Å². The number of fused-ring (bicyclic) bond motifs is 1. The first kappa shape index (κ1) is 15.3. The van der Waals surface area contributed by atoms with E-state index in [1.165, 1.54) is 0 Å². The van der Waals surface area contributed by atoms with Crippen LogP contribution in [0.5, 0.6) is 5.75 Å². The number of methoxy groups -OCH3 is 1. The third-order valence-corrected chi connectivity index (χ3v) is 3.54. The molecule has 0 spiro atoms. The summed E-state index contributed by atoms with van der Waals surface area (Å²) in [6.45, 7) is 3.78. The van der Waals surface area contributed by atoms with Crippen LogP contribution in [-0.2, 0) is 4.79 Å². The Balaban J connectivity index is 2.20. The minimum Gasteiger partial charge on any atom is -0.497 e. The molecular formula is C17H21NO3. The molecule has 0 aliphatic rings. The van der Waals surface area contributed by atoms with Crippen LogP contribution in [0.3, 0.4) is 0 Å². The van der Waals surface area contributed by atoms with Gasteiger partial charge in [0, 0.05) is 6.54 Å². The summed E-state index contributed by atoms with van der Waals surface area (Å²) in [6, 6.07) is 11.8. The normalized spacial score (nSPS) is 13.7. The third kappa shape index (κ3) is 3.73. The molecule has 1 unspecified atom stereocenters. The smallest absolute Gasteiger partial charge is 0.227 e. The zero-order valence-electron chi connectivity index (χ0n) is 12.6. The Kier molecular flexibility index (Phi) is 4.81. The summed E-state index contributed by atoms with van der Waals surface area (Å²) < 4.78 is 5.20. The number of benzene rings is 2. The lowest BCUT2D eigenvalue weighted by Crippen LogP contribution is -2.33. The Hall–Kier alpha value is -2.07. The van der Waals surface area contributed by atoms with E-state index in [9.17, 15) is 9.90 Å². The summed E-state index contributed by atoms with van der Waals surface area (Å²) in [5.41, 5.74) is 0.954. The fraction of sp³-hybridized carbons (Fsp3) is 0.353. The SMILES string of the molecule is COc1ccc2cc([C@H](C)C(=O)NCC(C)O)ccc2c1. The number of aliphatic hydroxyl groups excluding tert-OH is 1. The van der Waals surface area contributed by atoms with E-state index in [1.54, 1.807) is 14.0 Å². The van der Waals surface area contributed by atoms with Gasteiger partial charge in [-0.1, -0.05) is 24.3 Å². The van der Waals surface area contributed by atoms with Crippen LogP contribution in [0.25, 0.3) is 10.8 Å². The van der Waals surface area contributed by atoms with Crippen LogP contribution >= 0.6 is 0 Å². The highest BCUT2D eigenvalue weighted by Gasteiger charge is 2.15. The molecule has 0 heterocycles. The van der Waals surface area contributed by atoms with Crippen molar-refractivity contribution in [1.29, 1.82) is 0 Å². The number of rotatable bonds is 5. The minimum atomic E-state index is -0.537. The van der Waals surface area contributed by atoms with Gasteiger partial charge in [-0.25, -0.2) is 0 Å². The van der Waals surface area contributed by atoms with Crippen molar-refractivity contribution in [1.82, 2.24) is 5.32 Å². The second kappa shape index (κ2) is 6.59. The fourth-order valence-electron chi connectivity index (χ4n) is 2.19. The molecule has 112 valence electrons. The molecule has 0 aliphatic heterocycles. The highest BCUT2D eigenvalue weighted by molar-refractivity contribution is 5.88. The van der Waals surface area contributed by atoms with Crippen LogP contribution in [-0.4, -0.2) is 30.8 Å². The monoisotopic (exact) mass is 287 g/mol. The Morgan fingerprint density at radius 3 is 2.52 bits per heavy atom. The van der Waals surface area contributed by atoms with E-state index in [-0.39, 0.29) is 18.4 Å². The van der Waals surface area contributed by atoms with Crippen molar-refractivity contribution in [3.05, 3.63) is 42.0 Å². The van der Waals surface area contributed by atoms with Crippen molar-refractivity contribution < 1.29 is 14.6 Å². The van der Waals surface area contributed by atoms with E-state index in [0.29, 0.717) is 0 Å². The van der Waals surface area contributed by atoms with Crippen LogP contribution in [0.4, 0.5) is 0 Å². The van der Waals surface area contributed by atoms with Gasteiger partial charge in [0.2, 0.25) is 5.91 Å². The van der Waals surface area contributed by atoms with Gasteiger partial charge in [-0.3, -0.25) is 4.79 Å². The number of hydrogen-bond acceptors (Lipinski definition) is 3. The largest absolute Gasteiger partial charge is 0.497 e. The molecule has 2 rings (SSSR count). The summed E-state index contributed by atoms with van der Waals surface area (Å²) in [5, 5.41) is 14.1. The molecule has 2 atom stereocenters. The van der Waals surface area contributed by atoms with Crippen molar-refractivity contribution in [2.45, 2.75) is 25.9 Å². The fourth-order valence-corrected chi connectivity index (χ4v) is 2.19. The molecule has 0 aromatic heterocycles. The summed E-state index contributed by atoms with van der Waals surface area (Å²) >= 11 is 0. The first-order chi connectivity index (χ1) is 10.0. The Labute approximate surface area is 124 Å². The summed E-state index contributed by atoms with van der Waals surface area (Å²) in [7, 11) is 1.64. The standard InChI is InChI=1S/C17H21NO3/c1-11(19)10-18-17(20)12(2)13-4-5-15-9-16(21-3)7-6-14(15)8-13/h4-9,11-12,19H,10H2,1-3H3,(H,18,20)/t11?,12-/m0/s1. The second-order valence-corrected chi connectivity index (χ2v) is 5.29. The van der Waals surface area contributed by atoms with Gasteiger partial charge in [0.25, 0.3) is 0 Å². The molecule has 2 aromatic rings. The van der Waals surface area contributed by atoms with Crippen molar-refractivity contribution in [3.63, 3.8) is 0 Å². The van der Waals surface area contributed by atoms with E-state index in [2.05, 4.69) is 5.32 Å². The summed E-state index contributed by atoms with van der Waals surface area (Å²) in [5.74, 6) is 0.483. The molecule has 0 saturated carbocycles. The molecule has 4 nitrogen and oxygen atoms in total. The number of amides is 1. The minimum absolute atomic E-state index is 0.0799. The quantitative estimate of drug-likeness (QED) is 0.888. The van der Waals surface area contributed by atoms with Gasteiger partial charge >= 0.3 is 0 Å². The summed E-state index contributed by atoms with van der Waals surface area (Å²) in [4.78, 5) is 12.0. The number of nitrogens with one attached hydrogen (secondary N) is 1. The van der Waals surface area contributed by atoms with Crippen LogP contribution in [0.1, 0.15) is 25.3 Å². The molecule has 1 amide bonds. The second-order valence-electron chi connectivity index (χ2n) is 5.29. The zero-order chi connectivity index (χ0) is 15.4. The molecular weight excluding hydrogens is 266 g/mol. The van der Waals surface area contributed by atoms with Crippen LogP contribution < -0.4 is 10.1 Å². The predicted molar refractivity (Wildman–Crippen MR) is 83.6 cm³/mol. The van der Waals surface area contributed by atoms with Crippen molar-refractivity contribution >= 4 is 16.7 Å². The Morgan fingerprint density at radius 2 is 1.86 bits per heavy atom. The van der Waals surface area contributed by atoms with E-state index in [4.69, 9.17) is 4.74 Å². The Bertz CT molecular complexity index is 637. The predicted octanol–water partition coefficient (Wildman–Crippen LogP) is 2.45. The first-order valence-corrected chi connectivity index (χ1v) is 7.04. The lowest BCUT2D eigenvalue weighted by Gasteiger charge is -2.14. The first-order valence-electron chi connectivity index (χ1n) is 7.04. The highest BCUT2D eigenvalue weighted by atomic mass is 16.5. The van der Waals surface area contributed by atoms with Gasteiger partial charge < -0.3 is 15.2 Å². The highest BCUT2D eigenvalue weighted by Crippen LogP contribution is 2.25. The number of carbonyl (C=O) groups excluding carboxylic acids is 1. The third-order valence-electron chi connectivity index (χ3n) is 3.54. The van der Waals surface area contributed by atoms with Gasteiger partial charge in [-0.2, -0.15) is 0 Å². The molecule has 0 aliphatic carbocycles. The lowest BCUT2D eigenvalue weighted by molar-refractivity contribution is -0.122. The maximum Gasteiger partial charge on any atom is 0.227 e. The maximum absolute atomic E-state index is 12.0. The van der Waals surface area contributed by atoms with Crippen molar-refractivity contribution in [2.75, 3.05) is 13.7 Å². The summed E-state index contributed by atoms with van der Waals surface area (Å²) in [6.07, 6.45) is -0.537. The molecule has 2 N–H and O–H groups in total.